The quantitative estimate of drug-likeness (QED) is 0.898. The van der Waals surface area contributed by atoms with E-state index in [4.69, 9.17) is 11.6 Å². The average molecular weight is 334 g/mol. The number of halogens is 2. The third kappa shape index (κ3) is 5.38. The molecule has 1 N–H and O–H groups in total. The number of nitrogens with one attached hydrogen (secondary N) is 1. The molecule has 0 unspecified atom stereocenters. The maximum Gasteiger partial charge on any atom is 0.234 e. The zero-order valence-electron chi connectivity index (χ0n) is 10.8. The number of carbonyl (C=O) groups excluding carboxylic acids is 1. The topological polar surface area (TPSA) is 32.3 Å². The Hall–Kier alpha value is -0.580. The standard InChI is InChI=1S/C13H18BrClN2O/c1-9(2)16-13(18)8-17(3)7-10-4-5-11(14)6-12(10)15/h4-6,9H,7-8H2,1-3H3,(H,16,18). The Morgan fingerprint density at radius 3 is 2.72 bits per heavy atom. The fraction of sp³-hybridized carbons (Fsp3) is 0.462. The normalized spacial score (nSPS) is 11.1. The summed E-state index contributed by atoms with van der Waals surface area (Å²) in [4.78, 5) is 13.5. The summed E-state index contributed by atoms with van der Waals surface area (Å²) in [5, 5.41) is 3.57. The summed E-state index contributed by atoms with van der Waals surface area (Å²) in [7, 11) is 1.90. The van der Waals surface area contributed by atoms with Crippen LogP contribution in [0.25, 0.3) is 0 Å². The molecule has 0 heterocycles. The maximum absolute atomic E-state index is 11.6. The lowest BCUT2D eigenvalue weighted by atomic mass is 10.2. The van der Waals surface area contributed by atoms with Gasteiger partial charge in [0, 0.05) is 22.1 Å². The van der Waals surface area contributed by atoms with Crippen LogP contribution in [0.2, 0.25) is 5.02 Å². The summed E-state index contributed by atoms with van der Waals surface area (Å²) in [6.07, 6.45) is 0. The van der Waals surface area contributed by atoms with Crippen LogP contribution >= 0.6 is 27.5 Å². The van der Waals surface area contributed by atoms with E-state index in [1.165, 1.54) is 0 Å². The Balaban J connectivity index is 2.54. The highest BCUT2D eigenvalue weighted by molar-refractivity contribution is 9.10. The van der Waals surface area contributed by atoms with E-state index >= 15 is 0 Å². The summed E-state index contributed by atoms with van der Waals surface area (Å²) in [5.74, 6) is 0.0285. The summed E-state index contributed by atoms with van der Waals surface area (Å²) < 4.78 is 0.955. The lowest BCUT2D eigenvalue weighted by Gasteiger charge is -2.18. The zero-order valence-corrected chi connectivity index (χ0v) is 13.2. The Labute approximate surface area is 122 Å². The largest absolute Gasteiger partial charge is 0.353 e. The lowest BCUT2D eigenvalue weighted by molar-refractivity contribution is -0.122. The number of benzene rings is 1. The second-order valence-electron chi connectivity index (χ2n) is 4.63. The Bertz CT molecular complexity index is 423. The number of hydrogen-bond donors (Lipinski definition) is 1. The highest BCUT2D eigenvalue weighted by Crippen LogP contribution is 2.22. The second-order valence-corrected chi connectivity index (χ2v) is 5.95. The van der Waals surface area contributed by atoms with Crippen molar-refractivity contribution in [3.63, 3.8) is 0 Å². The average Bonchev–Trinajstić information content (AvgIpc) is 2.20. The number of nitrogens with zero attached hydrogens (tertiary/aromatic N) is 1. The zero-order chi connectivity index (χ0) is 13.7. The van der Waals surface area contributed by atoms with Crippen molar-refractivity contribution in [2.75, 3.05) is 13.6 Å². The molecule has 0 aromatic heterocycles. The maximum atomic E-state index is 11.6. The minimum atomic E-state index is 0.0285. The van der Waals surface area contributed by atoms with Crippen molar-refractivity contribution in [1.29, 1.82) is 0 Å². The first-order valence-electron chi connectivity index (χ1n) is 5.80. The van der Waals surface area contributed by atoms with Gasteiger partial charge in [-0.15, -0.1) is 0 Å². The van der Waals surface area contributed by atoms with Gasteiger partial charge in [0.25, 0.3) is 0 Å². The third-order valence-corrected chi connectivity index (χ3v) is 3.16. The van der Waals surface area contributed by atoms with Crippen LogP contribution in [-0.4, -0.2) is 30.4 Å². The molecule has 1 rings (SSSR count). The van der Waals surface area contributed by atoms with Gasteiger partial charge in [-0.25, -0.2) is 0 Å². The number of hydrogen-bond acceptors (Lipinski definition) is 2. The Morgan fingerprint density at radius 2 is 2.17 bits per heavy atom. The first kappa shape index (κ1) is 15.5. The van der Waals surface area contributed by atoms with Crippen molar-refractivity contribution in [3.05, 3.63) is 33.3 Å². The summed E-state index contributed by atoms with van der Waals surface area (Å²) in [6, 6.07) is 5.94. The molecule has 0 bridgehead atoms. The molecule has 0 fully saturated rings. The van der Waals surface area contributed by atoms with E-state index in [9.17, 15) is 4.79 Å². The van der Waals surface area contributed by atoms with Crippen molar-refractivity contribution >= 4 is 33.4 Å². The van der Waals surface area contributed by atoms with E-state index < -0.39 is 0 Å². The van der Waals surface area contributed by atoms with Crippen LogP contribution < -0.4 is 5.32 Å². The molecule has 3 nitrogen and oxygen atoms in total. The summed E-state index contributed by atoms with van der Waals surface area (Å²) in [6.45, 7) is 4.91. The Kier molecular flexibility index (Phi) is 6.12. The molecule has 0 atom stereocenters. The van der Waals surface area contributed by atoms with Crippen LogP contribution in [-0.2, 0) is 11.3 Å². The van der Waals surface area contributed by atoms with Crippen LogP contribution in [0.3, 0.4) is 0 Å². The third-order valence-electron chi connectivity index (χ3n) is 2.32. The highest BCUT2D eigenvalue weighted by Gasteiger charge is 2.09. The minimum absolute atomic E-state index is 0.0285. The molecule has 0 aliphatic rings. The molecule has 1 aromatic carbocycles. The van der Waals surface area contributed by atoms with Gasteiger partial charge in [0.05, 0.1) is 6.54 Å². The number of rotatable bonds is 5. The molecular formula is C13H18BrClN2O. The summed E-state index contributed by atoms with van der Waals surface area (Å²) in [5.41, 5.74) is 1.01. The van der Waals surface area contributed by atoms with E-state index in [0.29, 0.717) is 18.1 Å². The molecule has 0 aliphatic heterocycles. The molecule has 100 valence electrons. The number of amides is 1. The lowest BCUT2D eigenvalue weighted by Crippen LogP contribution is -2.38. The van der Waals surface area contributed by atoms with E-state index in [2.05, 4.69) is 21.2 Å². The predicted molar refractivity (Wildman–Crippen MR) is 78.8 cm³/mol. The number of carbonyl (C=O) groups is 1. The molecule has 0 aliphatic carbocycles. The van der Waals surface area contributed by atoms with E-state index in [1.807, 2.05) is 44.0 Å². The molecule has 0 saturated heterocycles. The van der Waals surface area contributed by atoms with Crippen molar-refractivity contribution in [2.24, 2.45) is 0 Å². The van der Waals surface area contributed by atoms with Crippen molar-refractivity contribution < 1.29 is 4.79 Å². The minimum Gasteiger partial charge on any atom is -0.353 e. The summed E-state index contributed by atoms with van der Waals surface area (Å²) >= 11 is 9.51. The first-order chi connectivity index (χ1) is 8.38. The van der Waals surface area contributed by atoms with Gasteiger partial charge in [0.15, 0.2) is 0 Å². The molecule has 0 spiro atoms. The van der Waals surface area contributed by atoms with Crippen LogP contribution in [0, 0.1) is 0 Å². The van der Waals surface area contributed by atoms with Gasteiger partial charge in [-0.05, 0) is 38.6 Å². The monoisotopic (exact) mass is 332 g/mol. The second kappa shape index (κ2) is 7.12. The fourth-order valence-electron chi connectivity index (χ4n) is 1.61. The van der Waals surface area contributed by atoms with Crippen molar-refractivity contribution in [3.8, 4) is 0 Å². The molecule has 5 heteroatoms. The van der Waals surface area contributed by atoms with Crippen molar-refractivity contribution in [1.82, 2.24) is 10.2 Å². The first-order valence-corrected chi connectivity index (χ1v) is 6.97. The molecule has 18 heavy (non-hydrogen) atoms. The van der Waals surface area contributed by atoms with Crippen LogP contribution in [0.4, 0.5) is 0 Å². The van der Waals surface area contributed by atoms with Gasteiger partial charge in [0.2, 0.25) is 5.91 Å². The van der Waals surface area contributed by atoms with Gasteiger partial charge in [-0.2, -0.15) is 0 Å². The van der Waals surface area contributed by atoms with Gasteiger partial charge >= 0.3 is 0 Å². The molecule has 0 radical (unpaired) electrons. The van der Waals surface area contributed by atoms with Gasteiger partial charge in [-0.1, -0.05) is 33.6 Å². The van der Waals surface area contributed by atoms with E-state index in [1.54, 1.807) is 0 Å². The Morgan fingerprint density at radius 1 is 1.50 bits per heavy atom. The predicted octanol–water partition coefficient (Wildman–Crippen LogP) is 3.06. The van der Waals surface area contributed by atoms with E-state index in [0.717, 1.165) is 10.0 Å². The van der Waals surface area contributed by atoms with Gasteiger partial charge in [-0.3, -0.25) is 9.69 Å². The van der Waals surface area contributed by atoms with Crippen LogP contribution in [0.15, 0.2) is 22.7 Å². The van der Waals surface area contributed by atoms with Gasteiger partial charge in [0.1, 0.15) is 0 Å². The smallest absolute Gasteiger partial charge is 0.234 e. The fourth-order valence-corrected chi connectivity index (χ4v) is 2.34. The molecule has 0 saturated carbocycles. The highest BCUT2D eigenvalue weighted by atomic mass is 79.9. The van der Waals surface area contributed by atoms with E-state index in [-0.39, 0.29) is 11.9 Å². The van der Waals surface area contributed by atoms with Crippen molar-refractivity contribution in [2.45, 2.75) is 26.4 Å². The molecule has 1 aromatic rings. The number of likely N-dealkylation sites (N-methyl/N-ethyl adjacent to an activating group) is 1. The molecular weight excluding hydrogens is 316 g/mol. The SMILES string of the molecule is CC(C)NC(=O)CN(C)Cc1ccc(Br)cc1Cl. The van der Waals surface area contributed by atoms with Gasteiger partial charge < -0.3 is 5.32 Å². The van der Waals surface area contributed by atoms with Crippen LogP contribution in [0.1, 0.15) is 19.4 Å². The molecule has 1 amide bonds. The van der Waals surface area contributed by atoms with Crippen LogP contribution in [0.5, 0.6) is 0 Å².